The van der Waals surface area contributed by atoms with Crippen LogP contribution in [0.2, 0.25) is 0 Å². The maximum absolute atomic E-state index is 11.7. The molecule has 82 valence electrons. The molecule has 1 aromatic rings. The summed E-state index contributed by atoms with van der Waals surface area (Å²) in [6.07, 6.45) is 1.59. The van der Waals surface area contributed by atoms with Crippen molar-refractivity contribution >= 4 is 12.0 Å². The minimum atomic E-state index is -0.423. The van der Waals surface area contributed by atoms with E-state index < -0.39 is 5.69 Å². The molecular formula is C9H15N4O2+. The second-order valence-electron chi connectivity index (χ2n) is 3.60. The van der Waals surface area contributed by atoms with Gasteiger partial charge in [0.05, 0.1) is 0 Å². The molecule has 0 aromatic carbocycles. The Kier molecular flexibility index (Phi) is 2.78. The van der Waals surface area contributed by atoms with Crippen LogP contribution in [-0.2, 0) is 14.1 Å². The number of hydrogen-bond acceptors (Lipinski definition) is 3. The Balaban J connectivity index is 3.76. The molecule has 1 aromatic heterocycles. The lowest BCUT2D eigenvalue weighted by Gasteiger charge is -2.07. The number of nitrogens with zero attached hydrogens (tertiary/aromatic N) is 3. The predicted octanol–water partition coefficient (Wildman–Crippen LogP) is -1.64. The number of rotatable bonds is 1. The molecule has 0 saturated carbocycles. The minimum absolute atomic E-state index is 0.178. The van der Waals surface area contributed by atoms with Gasteiger partial charge in [-0.1, -0.05) is 0 Å². The van der Waals surface area contributed by atoms with Gasteiger partial charge in [0.25, 0.3) is 5.56 Å². The number of nitrogens with two attached hydrogens (primary N) is 1. The third-order valence-electron chi connectivity index (χ3n) is 2.13. The Morgan fingerprint density at radius 1 is 1.20 bits per heavy atom. The van der Waals surface area contributed by atoms with E-state index in [-0.39, 0.29) is 11.4 Å². The molecule has 1 rings (SSSR count). The van der Waals surface area contributed by atoms with Crippen molar-refractivity contribution in [1.29, 1.82) is 0 Å². The SMILES string of the molecule is Cn1c(N)c(C=[N+](C)C)c(=O)n(C)c1=O. The van der Waals surface area contributed by atoms with Crippen molar-refractivity contribution in [1.82, 2.24) is 9.13 Å². The second kappa shape index (κ2) is 3.72. The smallest absolute Gasteiger partial charge is 0.332 e. The Labute approximate surface area is 86.9 Å². The zero-order chi connectivity index (χ0) is 11.7. The lowest BCUT2D eigenvalue weighted by molar-refractivity contribution is -0.458. The van der Waals surface area contributed by atoms with Crippen LogP contribution < -0.4 is 17.0 Å². The summed E-state index contributed by atoms with van der Waals surface area (Å²) in [4.78, 5) is 23.2. The summed E-state index contributed by atoms with van der Waals surface area (Å²) in [5.41, 5.74) is 5.21. The van der Waals surface area contributed by atoms with Gasteiger partial charge in [0.15, 0.2) is 6.21 Å². The summed E-state index contributed by atoms with van der Waals surface area (Å²) < 4.78 is 3.99. The normalized spacial score (nSPS) is 10.1. The zero-order valence-corrected chi connectivity index (χ0v) is 9.31. The molecule has 0 atom stereocenters. The fourth-order valence-electron chi connectivity index (χ4n) is 1.27. The number of anilines is 1. The van der Waals surface area contributed by atoms with Gasteiger partial charge >= 0.3 is 5.69 Å². The molecule has 0 aliphatic heterocycles. The first-order valence-corrected chi connectivity index (χ1v) is 4.43. The third-order valence-corrected chi connectivity index (χ3v) is 2.13. The van der Waals surface area contributed by atoms with Gasteiger partial charge in [0.1, 0.15) is 25.5 Å². The van der Waals surface area contributed by atoms with E-state index in [9.17, 15) is 9.59 Å². The van der Waals surface area contributed by atoms with Crippen molar-refractivity contribution < 1.29 is 4.58 Å². The van der Waals surface area contributed by atoms with Crippen LogP contribution in [0.25, 0.3) is 0 Å². The highest BCUT2D eigenvalue weighted by molar-refractivity contribution is 5.81. The molecule has 0 spiro atoms. The first-order valence-electron chi connectivity index (χ1n) is 4.43. The standard InChI is InChI=1S/C9H14N4O2/c1-11(2)5-6-7(10)12(3)9(15)13(4)8(6)14/h5,10H,1-4H3/p+1. The minimum Gasteiger partial charge on any atom is -0.384 e. The number of aromatic nitrogens is 2. The monoisotopic (exact) mass is 211 g/mol. The van der Waals surface area contributed by atoms with E-state index in [0.717, 1.165) is 4.57 Å². The Morgan fingerprint density at radius 3 is 2.20 bits per heavy atom. The van der Waals surface area contributed by atoms with E-state index >= 15 is 0 Å². The van der Waals surface area contributed by atoms with Crippen LogP contribution in [0, 0.1) is 0 Å². The lowest BCUT2D eigenvalue weighted by Crippen LogP contribution is -2.40. The topological polar surface area (TPSA) is 73.0 Å². The highest BCUT2D eigenvalue weighted by atomic mass is 16.2. The summed E-state index contributed by atoms with van der Waals surface area (Å²) in [5.74, 6) is 0.178. The van der Waals surface area contributed by atoms with Crippen LogP contribution >= 0.6 is 0 Å². The lowest BCUT2D eigenvalue weighted by atomic mass is 10.3. The van der Waals surface area contributed by atoms with Crippen LogP contribution in [0.15, 0.2) is 9.59 Å². The molecule has 0 unspecified atom stereocenters. The summed E-state index contributed by atoms with van der Waals surface area (Å²) in [7, 11) is 6.52. The Hall–Kier alpha value is -1.85. The van der Waals surface area contributed by atoms with Gasteiger partial charge in [0, 0.05) is 14.1 Å². The molecule has 15 heavy (non-hydrogen) atoms. The average Bonchev–Trinajstić information content (AvgIpc) is 2.18. The van der Waals surface area contributed by atoms with Crippen molar-refractivity contribution in [2.75, 3.05) is 19.8 Å². The molecule has 0 amide bonds. The summed E-state index contributed by atoms with van der Waals surface area (Å²) in [5, 5.41) is 0. The van der Waals surface area contributed by atoms with Gasteiger partial charge in [-0.2, -0.15) is 0 Å². The van der Waals surface area contributed by atoms with Crippen LogP contribution in [0.4, 0.5) is 5.82 Å². The van der Waals surface area contributed by atoms with Crippen LogP contribution in [0.5, 0.6) is 0 Å². The molecule has 0 saturated heterocycles. The number of nitrogen functional groups attached to an aromatic ring is 1. The molecule has 0 bridgehead atoms. The quantitative estimate of drug-likeness (QED) is 0.447. The largest absolute Gasteiger partial charge is 0.384 e. The highest BCUT2D eigenvalue weighted by Gasteiger charge is 2.13. The van der Waals surface area contributed by atoms with E-state index in [1.165, 1.54) is 18.7 Å². The maximum Gasteiger partial charge on any atom is 0.332 e. The Morgan fingerprint density at radius 2 is 1.73 bits per heavy atom. The third kappa shape index (κ3) is 1.83. The number of hydrogen-bond donors (Lipinski definition) is 1. The van der Waals surface area contributed by atoms with Crippen LogP contribution in [-0.4, -0.2) is 34.0 Å². The second-order valence-corrected chi connectivity index (χ2v) is 3.60. The molecule has 0 radical (unpaired) electrons. The molecular weight excluding hydrogens is 196 g/mol. The van der Waals surface area contributed by atoms with Gasteiger partial charge in [-0.3, -0.25) is 13.9 Å². The van der Waals surface area contributed by atoms with E-state index in [1.54, 1.807) is 24.9 Å². The van der Waals surface area contributed by atoms with Crippen LogP contribution in [0.1, 0.15) is 5.56 Å². The maximum atomic E-state index is 11.7. The van der Waals surface area contributed by atoms with Gasteiger partial charge in [-0.15, -0.1) is 0 Å². The predicted molar refractivity (Wildman–Crippen MR) is 58.6 cm³/mol. The molecule has 6 heteroatoms. The van der Waals surface area contributed by atoms with E-state index in [1.807, 2.05) is 0 Å². The van der Waals surface area contributed by atoms with Gasteiger partial charge < -0.3 is 5.73 Å². The Bertz CT molecular complexity index is 532. The fraction of sp³-hybridized carbons (Fsp3) is 0.444. The molecule has 0 aliphatic carbocycles. The molecule has 6 nitrogen and oxygen atoms in total. The van der Waals surface area contributed by atoms with Crippen molar-refractivity contribution in [2.45, 2.75) is 0 Å². The summed E-state index contributed by atoms with van der Waals surface area (Å²) >= 11 is 0. The van der Waals surface area contributed by atoms with Crippen molar-refractivity contribution in [3.05, 3.63) is 26.4 Å². The van der Waals surface area contributed by atoms with Crippen molar-refractivity contribution in [3.63, 3.8) is 0 Å². The summed E-state index contributed by atoms with van der Waals surface area (Å²) in [6, 6.07) is 0. The average molecular weight is 211 g/mol. The molecule has 2 N–H and O–H groups in total. The van der Waals surface area contributed by atoms with Crippen molar-refractivity contribution in [2.24, 2.45) is 14.1 Å². The molecule has 0 fully saturated rings. The van der Waals surface area contributed by atoms with Crippen LogP contribution in [0.3, 0.4) is 0 Å². The highest BCUT2D eigenvalue weighted by Crippen LogP contribution is 1.98. The molecule has 0 aliphatic rings. The first-order chi connectivity index (χ1) is 6.86. The molecule has 1 heterocycles. The summed E-state index contributed by atoms with van der Waals surface area (Å²) in [6.45, 7) is 0. The van der Waals surface area contributed by atoms with Gasteiger partial charge in [0.2, 0.25) is 0 Å². The first kappa shape index (κ1) is 11.2. The zero-order valence-electron chi connectivity index (χ0n) is 9.31. The fourth-order valence-corrected chi connectivity index (χ4v) is 1.27. The van der Waals surface area contributed by atoms with Crippen molar-refractivity contribution in [3.8, 4) is 0 Å². The van der Waals surface area contributed by atoms with E-state index in [0.29, 0.717) is 5.56 Å². The van der Waals surface area contributed by atoms with Gasteiger partial charge in [-0.25, -0.2) is 9.37 Å². The van der Waals surface area contributed by atoms with E-state index in [2.05, 4.69) is 0 Å². The van der Waals surface area contributed by atoms with Gasteiger partial charge in [-0.05, 0) is 0 Å². The van der Waals surface area contributed by atoms with E-state index in [4.69, 9.17) is 5.73 Å².